The lowest BCUT2D eigenvalue weighted by Crippen LogP contribution is -2.05. The topological polar surface area (TPSA) is 36.2 Å². The van der Waals surface area contributed by atoms with Gasteiger partial charge < -0.3 is 5.41 Å². The Balaban J connectivity index is 2.51. The van der Waals surface area contributed by atoms with Gasteiger partial charge in [-0.1, -0.05) is 6.08 Å². The summed E-state index contributed by atoms with van der Waals surface area (Å²) < 4.78 is 0. The summed E-state index contributed by atoms with van der Waals surface area (Å²) in [4.78, 5) is 3.99. The van der Waals surface area contributed by atoms with Crippen LogP contribution in [-0.2, 0) is 0 Å². The Labute approximate surface area is 48.4 Å². The van der Waals surface area contributed by atoms with Gasteiger partial charge in [0.2, 0.25) is 0 Å². The highest BCUT2D eigenvalue weighted by atomic mass is 14.8. The number of nitrogens with zero attached hydrogens (tertiary/aromatic N) is 1. The zero-order valence-corrected chi connectivity index (χ0v) is 4.54. The first kappa shape index (κ1) is 5.22. The Kier molecular flexibility index (Phi) is 1.57. The molecule has 0 saturated carbocycles. The van der Waals surface area contributed by atoms with Crippen LogP contribution in [0.15, 0.2) is 17.1 Å². The van der Waals surface area contributed by atoms with Crippen LogP contribution in [0.2, 0.25) is 0 Å². The van der Waals surface area contributed by atoms with Crippen LogP contribution in [0, 0.1) is 5.41 Å². The second-order valence-electron chi connectivity index (χ2n) is 1.70. The molecule has 8 heavy (non-hydrogen) atoms. The minimum atomic E-state index is 0.111. The van der Waals surface area contributed by atoms with E-state index >= 15 is 0 Å². The van der Waals surface area contributed by atoms with E-state index in [0.29, 0.717) is 0 Å². The first-order valence-electron chi connectivity index (χ1n) is 2.62. The van der Waals surface area contributed by atoms with Crippen molar-refractivity contribution in [2.24, 2.45) is 4.99 Å². The van der Waals surface area contributed by atoms with Gasteiger partial charge in [-0.15, -0.1) is 0 Å². The first-order chi connectivity index (χ1) is 3.93. The van der Waals surface area contributed by atoms with Crippen LogP contribution < -0.4 is 0 Å². The van der Waals surface area contributed by atoms with Crippen molar-refractivity contribution in [1.29, 1.82) is 5.41 Å². The molecule has 1 rings (SSSR count). The first-order valence-corrected chi connectivity index (χ1v) is 2.62. The van der Waals surface area contributed by atoms with E-state index in [-0.39, 0.29) is 6.04 Å². The van der Waals surface area contributed by atoms with Gasteiger partial charge in [-0.3, -0.25) is 4.99 Å². The van der Waals surface area contributed by atoms with E-state index in [1.807, 2.05) is 12.2 Å². The molecule has 1 heterocycles. The van der Waals surface area contributed by atoms with Crippen LogP contribution in [0.1, 0.15) is 6.42 Å². The molecule has 0 aliphatic carbocycles. The normalized spacial score (nSPS) is 25.8. The highest BCUT2D eigenvalue weighted by Gasteiger charge is 1.98. The number of hydrogen-bond donors (Lipinski definition) is 1. The zero-order chi connectivity index (χ0) is 5.82. The van der Waals surface area contributed by atoms with Gasteiger partial charge in [0, 0.05) is 12.4 Å². The molecule has 1 aliphatic heterocycles. The maximum Gasteiger partial charge on any atom is 0.0877 e. The smallest absolute Gasteiger partial charge is 0.0877 e. The highest BCUT2D eigenvalue weighted by molar-refractivity contribution is 5.76. The molecule has 0 aromatic carbocycles. The molecule has 0 fully saturated rings. The lowest BCUT2D eigenvalue weighted by molar-refractivity contribution is 0.885. The predicted molar refractivity (Wildman–Crippen MR) is 34.8 cm³/mol. The van der Waals surface area contributed by atoms with Crippen molar-refractivity contribution in [3.63, 3.8) is 0 Å². The van der Waals surface area contributed by atoms with E-state index in [0.717, 1.165) is 6.42 Å². The predicted octanol–water partition coefficient (Wildman–Crippen LogP) is 1.04. The van der Waals surface area contributed by atoms with Gasteiger partial charge in [0.25, 0.3) is 0 Å². The van der Waals surface area contributed by atoms with Gasteiger partial charge in [-0.25, -0.2) is 0 Å². The van der Waals surface area contributed by atoms with Gasteiger partial charge in [0.05, 0.1) is 6.04 Å². The molecule has 1 aliphatic rings. The fraction of sp³-hybridized carbons (Fsp3) is 0.333. The van der Waals surface area contributed by atoms with Crippen LogP contribution in [0.5, 0.6) is 0 Å². The SMILES string of the molecule is N=CC1CC=CC=N1. The van der Waals surface area contributed by atoms with Crippen molar-refractivity contribution < 1.29 is 0 Å². The molecule has 0 radical (unpaired) electrons. The number of dihydropyridines is 1. The molecule has 1 N–H and O–H groups in total. The molecule has 0 bridgehead atoms. The maximum atomic E-state index is 6.82. The molecule has 0 spiro atoms. The third kappa shape index (κ3) is 1.03. The van der Waals surface area contributed by atoms with E-state index in [2.05, 4.69) is 4.99 Å². The number of aliphatic imine (C=N–C) groups is 1. The molecular formula is C6H8N2. The largest absolute Gasteiger partial charge is 0.311 e. The summed E-state index contributed by atoms with van der Waals surface area (Å²) in [7, 11) is 0. The fourth-order valence-corrected chi connectivity index (χ4v) is 0.611. The quantitative estimate of drug-likeness (QED) is 0.487. The van der Waals surface area contributed by atoms with Crippen LogP contribution in [-0.4, -0.2) is 18.5 Å². The van der Waals surface area contributed by atoms with Crippen molar-refractivity contribution in [3.8, 4) is 0 Å². The van der Waals surface area contributed by atoms with Crippen molar-refractivity contribution in [2.45, 2.75) is 12.5 Å². The highest BCUT2D eigenvalue weighted by Crippen LogP contribution is 1.98. The Bertz CT molecular complexity index is 135. The Morgan fingerprint density at radius 2 is 2.62 bits per heavy atom. The van der Waals surface area contributed by atoms with Crippen LogP contribution in [0.25, 0.3) is 0 Å². The molecule has 2 heteroatoms. The third-order valence-electron chi connectivity index (χ3n) is 1.07. The molecule has 0 saturated heterocycles. The molecule has 1 atom stereocenters. The number of allylic oxidation sites excluding steroid dienone is 1. The molecular weight excluding hydrogens is 100 g/mol. The molecule has 0 amide bonds. The van der Waals surface area contributed by atoms with E-state index in [1.165, 1.54) is 6.21 Å². The van der Waals surface area contributed by atoms with E-state index < -0.39 is 0 Å². The Morgan fingerprint density at radius 1 is 1.75 bits per heavy atom. The number of nitrogens with one attached hydrogen (secondary N) is 1. The monoisotopic (exact) mass is 108 g/mol. The van der Waals surface area contributed by atoms with Gasteiger partial charge in [-0.05, 0) is 12.5 Å². The van der Waals surface area contributed by atoms with E-state index in [9.17, 15) is 0 Å². The van der Waals surface area contributed by atoms with Gasteiger partial charge in [0.15, 0.2) is 0 Å². The third-order valence-corrected chi connectivity index (χ3v) is 1.07. The fourth-order valence-electron chi connectivity index (χ4n) is 0.611. The van der Waals surface area contributed by atoms with Gasteiger partial charge in [0.1, 0.15) is 0 Å². The average molecular weight is 108 g/mol. The molecule has 42 valence electrons. The van der Waals surface area contributed by atoms with Crippen molar-refractivity contribution in [2.75, 3.05) is 0 Å². The van der Waals surface area contributed by atoms with Crippen LogP contribution in [0.4, 0.5) is 0 Å². The molecule has 1 unspecified atom stereocenters. The summed E-state index contributed by atoms with van der Waals surface area (Å²) in [6, 6.07) is 0.111. The van der Waals surface area contributed by atoms with Gasteiger partial charge in [-0.2, -0.15) is 0 Å². The van der Waals surface area contributed by atoms with Crippen molar-refractivity contribution in [3.05, 3.63) is 12.2 Å². The minimum absolute atomic E-state index is 0.111. The van der Waals surface area contributed by atoms with E-state index in [4.69, 9.17) is 5.41 Å². The zero-order valence-electron chi connectivity index (χ0n) is 4.54. The second kappa shape index (κ2) is 2.40. The lowest BCUT2D eigenvalue weighted by atomic mass is 10.2. The molecule has 0 aromatic heterocycles. The molecule has 0 aromatic rings. The standard InChI is InChI=1S/C6H8N2/c7-5-6-3-1-2-4-8-6/h1-2,4-7H,3H2. The number of rotatable bonds is 1. The summed E-state index contributed by atoms with van der Waals surface area (Å²) in [6.45, 7) is 0. The summed E-state index contributed by atoms with van der Waals surface area (Å²) >= 11 is 0. The lowest BCUT2D eigenvalue weighted by Gasteiger charge is -2.02. The number of hydrogen-bond acceptors (Lipinski definition) is 2. The summed E-state index contributed by atoms with van der Waals surface area (Å²) in [5.41, 5.74) is 0. The van der Waals surface area contributed by atoms with Crippen LogP contribution >= 0.6 is 0 Å². The minimum Gasteiger partial charge on any atom is -0.311 e. The summed E-state index contributed by atoms with van der Waals surface area (Å²) in [5.74, 6) is 0. The van der Waals surface area contributed by atoms with Crippen LogP contribution in [0.3, 0.4) is 0 Å². The maximum absolute atomic E-state index is 6.82. The van der Waals surface area contributed by atoms with E-state index in [1.54, 1.807) is 6.21 Å². The Hall–Kier alpha value is -0.920. The second-order valence-corrected chi connectivity index (χ2v) is 1.70. The van der Waals surface area contributed by atoms with Crippen molar-refractivity contribution >= 4 is 12.4 Å². The van der Waals surface area contributed by atoms with Crippen molar-refractivity contribution in [1.82, 2.24) is 0 Å². The average Bonchev–Trinajstić information content (AvgIpc) is 1.90. The Morgan fingerprint density at radius 3 is 3.00 bits per heavy atom. The summed E-state index contributed by atoms with van der Waals surface area (Å²) in [6.07, 6.45) is 7.90. The summed E-state index contributed by atoms with van der Waals surface area (Å²) in [5, 5.41) is 6.82. The molecule has 2 nitrogen and oxygen atoms in total. The van der Waals surface area contributed by atoms with Gasteiger partial charge >= 0.3 is 0 Å².